The number of amides is 1. The average molecular weight is 250 g/mol. The fraction of sp³-hybridized carbons (Fsp3) is 0.462. The Morgan fingerprint density at radius 3 is 2.72 bits per heavy atom. The van der Waals surface area contributed by atoms with Crippen LogP contribution >= 0.6 is 0 Å². The van der Waals surface area contributed by atoms with Gasteiger partial charge in [-0.25, -0.2) is 0 Å². The quantitative estimate of drug-likeness (QED) is 0.787. The summed E-state index contributed by atoms with van der Waals surface area (Å²) < 4.78 is 10.3. The van der Waals surface area contributed by atoms with Gasteiger partial charge in [0.25, 0.3) is 5.91 Å². The molecule has 0 heterocycles. The minimum atomic E-state index is -0.154. The number of ether oxygens (including phenoxy) is 2. The van der Waals surface area contributed by atoms with Gasteiger partial charge in [-0.15, -0.1) is 0 Å². The van der Waals surface area contributed by atoms with Crippen molar-refractivity contribution >= 4 is 11.6 Å². The van der Waals surface area contributed by atoms with E-state index in [2.05, 4.69) is 5.32 Å². The molecule has 1 aromatic carbocycles. The van der Waals surface area contributed by atoms with Crippen LogP contribution in [0.2, 0.25) is 0 Å². The molecular formula is C13H18N2O3. The number of rotatable bonds is 4. The molecule has 18 heavy (non-hydrogen) atoms. The van der Waals surface area contributed by atoms with Crippen LogP contribution in [-0.4, -0.2) is 32.3 Å². The van der Waals surface area contributed by atoms with Crippen molar-refractivity contribution in [3.63, 3.8) is 0 Å². The van der Waals surface area contributed by atoms with Gasteiger partial charge in [0.15, 0.2) is 0 Å². The molecule has 98 valence electrons. The lowest BCUT2D eigenvalue weighted by atomic mass is 9.89. The normalized spacial score (nSPS) is 22.1. The van der Waals surface area contributed by atoms with Gasteiger partial charge in [-0.3, -0.25) is 4.79 Å². The molecule has 5 nitrogen and oxygen atoms in total. The van der Waals surface area contributed by atoms with E-state index < -0.39 is 0 Å². The van der Waals surface area contributed by atoms with E-state index in [4.69, 9.17) is 15.2 Å². The Hall–Kier alpha value is -1.75. The van der Waals surface area contributed by atoms with Crippen LogP contribution in [0.5, 0.6) is 5.75 Å². The molecule has 1 saturated carbocycles. The molecule has 1 aliphatic carbocycles. The van der Waals surface area contributed by atoms with Crippen molar-refractivity contribution in [3.8, 4) is 5.75 Å². The second-order valence-electron chi connectivity index (χ2n) is 4.46. The summed E-state index contributed by atoms with van der Waals surface area (Å²) in [5, 5.41) is 2.94. The highest BCUT2D eigenvalue weighted by atomic mass is 16.5. The van der Waals surface area contributed by atoms with E-state index >= 15 is 0 Å². The van der Waals surface area contributed by atoms with Gasteiger partial charge in [-0.2, -0.15) is 0 Å². The molecule has 1 fully saturated rings. The van der Waals surface area contributed by atoms with Gasteiger partial charge >= 0.3 is 0 Å². The first-order valence-electron chi connectivity index (χ1n) is 5.91. The molecule has 0 aliphatic heterocycles. The molecule has 2 rings (SSSR count). The van der Waals surface area contributed by atoms with E-state index in [-0.39, 0.29) is 18.1 Å². The zero-order valence-electron chi connectivity index (χ0n) is 10.6. The first-order chi connectivity index (χ1) is 8.63. The molecule has 0 radical (unpaired) electrons. The summed E-state index contributed by atoms with van der Waals surface area (Å²) in [6.45, 7) is 0. The zero-order valence-corrected chi connectivity index (χ0v) is 10.6. The van der Waals surface area contributed by atoms with E-state index in [9.17, 15) is 4.79 Å². The summed E-state index contributed by atoms with van der Waals surface area (Å²) >= 11 is 0. The molecule has 0 bridgehead atoms. The highest BCUT2D eigenvalue weighted by molar-refractivity contribution is 5.98. The molecule has 1 amide bonds. The number of nitrogens with one attached hydrogen (secondary N) is 1. The molecule has 5 heteroatoms. The van der Waals surface area contributed by atoms with Crippen LogP contribution in [0, 0.1) is 0 Å². The summed E-state index contributed by atoms with van der Waals surface area (Å²) in [5.74, 6) is 0.378. The van der Waals surface area contributed by atoms with Gasteiger partial charge in [0.1, 0.15) is 5.75 Å². The van der Waals surface area contributed by atoms with Crippen LogP contribution in [0.25, 0.3) is 0 Å². The number of nitrogens with two attached hydrogens (primary N) is 1. The maximum atomic E-state index is 12.1. The maximum Gasteiger partial charge on any atom is 0.255 e. The monoisotopic (exact) mass is 250 g/mol. The van der Waals surface area contributed by atoms with Crippen molar-refractivity contribution in [1.82, 2.24) is 5.32 Å². The van der Waals surface area contributed by atoms with Crippen LogP contribution in [0.1, 0.15) is 23.2 Å². The van der Waals surface area contributed by atoms with Crippen LogP contribution in [0.4, 0.5) is 5.69 Å². The molecule has 0 unspecified atom stereocenters. The highest BCUT2D eigenvalue weighted by Gasteiger charge is 2.30. The minimum Gasteiger partial charge on any atom is -0.496 e. The lowest BCUT2D eigenvalue weighted by Gasteiger charge is -2.34. The minimum absolute atomic E-state index is 0.154. The number of carbonyl (C=O) groups excluding carboxylic acids is 1. The third-order valence-corrected chi connectivity index (χ3v) is 3.23. The average Bonchev–Trinajstić information content (AvgIpc) is 2.32. The molecule has 0 spiro atoms. The number of carbonyl (C=O) groups is 1. The van der Waals surface area contributed by atoms with Crippen molar-refractivity contribution in [2.75, 3.05) is 20.0 Å². The summed E-state index contributed by atoms with van der Waals surface area (Å²) in [7, 11) is 3.22. The Morgan fingerprint density at radius 1 is 1.39 bits per heavy atom. The van der Waals surface area contributed by atoms with E-state index in [1.54, 1.807) is 25.3 Å². The van der Waals surface area contributed by atoms with E-state index in [1.165, 1.54) is 7.11 Å². The van der Waals surface area contributed by atoms with E-state index in [0.717, 1.165) is 12.8 Å². The molecule has 3 N–H and O–H groups in total. The highest BCUT2D eigenvalue weighted by Crippen LogP contribution is 2.25. The number of benzene rings is 1. The predicted octanol–water partition coefficient (Wildman–Crippen LogP) is 1.18. The molecule has 0 aromatic heterocycles. The van der Waals surface area contributed by atoms with E-state index in [0.29, 0.717) is 17.0 Å². The Labute approximate surface area is 106 Å². The van der Waals surface area contributed by atoms with Gasteiger partial charge in [0, 0.05) is 18.8 Å². The largest absolute Gasteiger partial charge is 0.496 e. The lowest BCUT2D eigenvalue weighted by Crippen LogP contribution is -2.47. The third-order valence-electron chi connectivity index (χ3n) is 3.23. The van der Waals surface area contributed by atoms with Crippen molar-refractivity contribution in [2.45, 2.75) is 25.0 Å². The summed E-state index contributed by atoms with van der Waals surface area (Å²) in [6.07, 6.45) is 1.97. The second kappa shape index (κ2) is 5.27. The smallest absolute Gasteiger partial charge is 0.255 e. The number of hydrogen-bond acceptors (Lipinski definition) is 4. The van der Waals surface area contributed by atoms with Crippen molar-refractivity contribution in [2.24, 2.45) is 0 Å². The van der Waals surface area contributed by atoms with Crippen LogP contribution in [0.15, 0.2) is 18.2 Å². The fourth-order valence-electron chi connectivity index (χ4n) is 2.04. The van der Waals surface area contributed by atoms with Crippen molar-refractivity contribution in [3.05, 3.63) is 23.8 Å². The third kappa shape index (κ3) is 2.56. The molecular weight excluding hydrogens is 232 g/mol. The Bertz CT molecular complexity index is 442. The molecule has 0 saturated heterocycles. The Balaban J connectivity index is 2.02. The van der Waals surface area contributed by atoms with Crippen molar-refractivity contribution < 1.29 is 14.3 Å². The molecule has 1 aliphatic rings. The van der Waals surface area contributed by atoms with Gasteiger partial charge in [-0.05, 0) is 31.0 Å². The van der Waals surface area contributed by atoms with Crippen molar-refractivity contribution in [1.29, 1.82) is 0 Å². The number of anilines is 1. The maximum absolute atomic E-state index is 12.1. The fourth-order valence-corrected chi connectivity index (χ4v) is 2.04. The van der Waals surface area contributed by atoms with Crippen LogP contribution in [0.3, 0.4) is 0 Å². The van der Waals surface area contributed by atoms with Gasteiger partial charge in [0.2, 0.25) is 0 Å². The first-order valence-corrected chi connectivity index (χ1v) is 5.91. The Morgan fingerprint density at radius 2 is 2.11 bits per heavy atom. The number of methoxy groups -OCH3 is 2. The van der Waals surface area contributed by atoms with Gasteiger partial charge < -0.3 is 20.5 Å². The zero-order chi connectivity index (χ0) is 13.1. The summed E-state index contributed by atoms with van der Waals surface area (Å²) in [5.41, 5.74) is 6.70. The summed E-state index contributed by atoms with van der Waals surface area (Å²) in [4.78, 5) is 12.1. The Kier molecular flexibility index (Phi) is 3.72. The number of hydrogen-bond donors (Lipinski definition) is 2. The van der Waals surface area contributed by atoms with E-state index in [1.807, 2.05) is 0 Å². The number of nitrogen functional groups attached to an aromatic ring is 1. The topological polar surface area (TPSA) is 73.6 Å². The standard InChI is InChI=1S/C13H18N2O3/c1-17-10-6-9(7-10)15-13(16)11-5-8(14)3-4-12(11)18-2/h3-5,9-10H,6-7,14H2,1-2H3,(H,15,16). The molecule has 0 atom stereocenters. The summed E-state index contributed by atoms with van der Waals surface area (Å²) in [6, 6.07) is 5.21. The molecule has 1 aromatic rings. The predicted molar refractivity (Wildman–Crippen MR) is 68.7 cm³/mol. The second-order valence-corrected chi connectivity index (χ2v) is 4.46. The first kappa shape index (κ1) is 12.7. The van der Waals surface area contributed by atoms with Crippen LogP contribution in [-0.2, 0) is 4.74 Å². The van der Waals surface area contributed by atoms with Gasteiger partial charge in [0.05, 0.1) is 18.8 Å². The van der Waals surface area contributed by atoms with Crippen LogP contribution < -0.4 is 15.8 Å². The van der Waals surface area contributed by atoms with Gasteiger partial charge in [-0.1, -0.05) is 0 Å². The SMILES string of the molecule is COc1ccc(N)cc1C(=O)NC1CC(OC)C1. The lowest BCUT2D eigenvalue weighted by molar-refractivity contribution is 0.0176.